The van der Waals surface area contributed by atoms with Crippen LogP contribution in [0.3, 0.4) is 0 Å². The summed E-state index contributed by atoms with van der Waals surface area (Å²) in [5, 5.41) is 6.75. The summed E-state index contributed by atoms with van der Waals surface area (Å²) in [5.41, 5.74) is 1.07. The van der Waals surface area contributed by atoms with E-state index in [9.17, 15) is 4.39 Å². The third-order valence-electron chi connectivity index (χ3n) is 4.08. The molecule has 6 heteroatoms. The van der Waals surface area contributed by atoms with Crippen molar-refractivity contribution in [2.24, 2.45) is 10.9 Å². The van der Waals surface area contributed by atoms with E-state index in [0.29, 0.717) is 12.6 Å². The van der Waals surface area contributed by atoms with Gasteiger partial charge in [-0.2, -0.15) is 0 Å². The largest absolute Gasteiger partial charge is 0.357 e. The van der Waals surface area contributed by atoms with Crippen LogP contribution in [-0.2, 0) is 0 Å². The molecule has 0 saturated heterocycles. The van der Waals surface area contributed by atoms with Crippen LogP contribution in [0.1, 0.15) is 31.9 Å². The minimum Gasteiger partial charge on any atom is -0.357 e. The molecule has 4 nitrogen and oxygen atoms in total. The van der Waals surface area contributed by atoms with Gasteiger partial charge in [0.25, 0.3) is 0 Å². The number of rotatable bonds is 6. The fourth-order valence-corrected chi connectivity index (χ4v) is 2.45. The summed E-state index contributed by atoms with van der Waals surface area (Å²) in [4.78, 5) is 6.82. The first kappa shape index (κ1) is 20.2. The molecule has 130 valence electrons. The minimum absolute atomic E-state index is 0. The topological polar surface area (TPSA) is 39.7 Å². The fourth-order valence-electron chi connectivity index (χ4n) is 2.45. The molecule has 1 fully saturated rings. The number of hydrogen-bond donors (Lipinski definition) is 2. The van der Waals surface area contributed by atoms with Gasteiger partial charge in [-0.15, -0.1) is 24.0 Å². The zero-order valence-electron chi connectivity index (χ0n) is 14.3. The monoisotopic (exact) mass is 434 g/mol. The second-order valence-electron chi connectivity index (χ2n) is 6.21. The van der Waals surface area contributed by atoms with Gasteiger partial charge in [-0.1, -0.05) is 19.1 Å². The van der Waals surface area contributed by atoms with E-state index < -0.39 is 0 Å². The highest BCUT2D eigenvalue weighted by atomic mass is 127. The number of halogens is 2. The number of nitrogens with one attached hydrogen (secondary N) is 2. The van der Waals surface area contributed by atoms with Crippen molar-refractivity contribution < 1.29 is 4.39 Å². The van der Waals surface area contributed by atoms with E-state index in [2.05, 4.69) is 29.4 Å². The highest BCUT2D eigenvalue weighted by Gasteiger charge is 2.33. The summed E-state index contributed by atoms with van der Waals surface area (Å²) >= 11 is 0. The normalized spacial score (nSPS) is 21.6. The van der Waals surface area contributed by atoms with Gasteiger partial charge < -0.3 is 15.5 Å². The fraction of sp³-hybridized carbons (Fsp3) is 0.588. The summed E-state index contributed by atoms with van der Waals surface area (Å²) in [6.07, 6.45) is 1.21. The molecule has 3 unspecified atom stereocenters. The van der Waals surface area contributed by atoms with Gasteiger partial charge in [0.1, 0.15) is 5.82 Å². The Labute approximate surface area is 156 Å². The van der Waals surface area contributed by atoms with E-state index in [4.69, 9.17) is 4.99 Å². The number of likely N-dealkylation sites (N-methyl/N-ethyl adjacent to an activating group) is 1. The Morgan fingerprint density at radius 1 is 1.35 bits per heavy atom. The summed E-state index contributed by atoms with van der Waals surface area (Å²) < 4.78 is 13.1. The van der Waals surface area contributed by atoms with E-state index in [0.717, 1.165) is 24.0 Å². The Balaban J connectivity index is 0.00000264. The Kier molecular flexibility index (Phi) is 8.25. The number of aliphatic imine (C=N–C) groups is 1. The van der Waals surface area contributed by atoms with E-state index in [1.54, 1.807) is 0 Å². The summed E-state index contributed by atoms with van der Waals surface area (Å²) in [7, 11) is 4.04. The Morgan fingerprint density at radius 2 is 1.96 bits per heavy atom. The molecule has 1 aromatic rings. The lowest BCUT2D eigenvalue weighted by Crippen LogP contribution is -2.39. The maximum absolute atomic E-state index is 13.1. The van der Waals surface area contributed by atoms with Crippen LogP contribution in [0.5, 0.6) is 0 Å². The van der Waals surface area contributed by atoms with E-state index in [-0.39, 0.29) is 35.8 Å². The van der Waals surface area contributed by atoms with Gasteiger partial charge in [0.2, 0.25) is 0 Å². The maximum Gasteiger partial charge on any atom is 0.191 e. The standard InChI is InChI=1S/C17H27FN4.HI/c1-5-19-17(21-15-10-12(15)2)20-11-16(22(3)4)13-6-8-14(18)9-7-13;/h6-9,12,15-16H,5,10-11H2,1-4H3,(H2,19,20,21);1H. The van der Waals surface area contributed by atoms with Crippen molar-refractivity contribution >= 4 is 29.9 Å². The molecule has 23 heavy (non-hydrogen) atoms. The van der Waals surface area contributed by atoms with Gasteiger partial charge in [0, 0.05) is 12.6 Å². The second kappa shape index (κ2) is 9.42. The third kappa shape index (κ3) is 6.25. The van der Waals surface area contributed by atoms with Crippen LogP contribution in [0.25, 0.3) is 0 Å². The van der Waals surface area contributed by atoms with E-state index >= 15 is 0 Å². The first-order valence-corrected chi connectivity index (χ1v) is 7.98. The maximum atomic E-state index is 13.1. The average Bonchev–Trinajstić information content (AvgIpc) is 3.16. The van der Waals surface area contributed by atoms with Gasteiger partial charge in [0.05, 0.1) is 12.6 Å². The molecule has 0 spiro atoms. The molecule has 1 saturated carbocycles. The van der Waals surface area contributed by atoms with Crippen molar-refractivity contribution in [1.29, 1.82) is 0 Å². The Hall–Kier alpha value is -0.890. The van der Waals surface area contributed by atoms with Gasteiger partial charge in [0.15, 0.2) is 5.96 Å². The smallest absolute Gasteiger partial charge is 0.191 e. The van der Waals surface area contributed by atoms with E-state index in [1.165, 1.54) is 18.6 Å². The van der Waals surface area contributed by atoms with Crippen LogP contribution < -0.4 is 10.6 Å². The van der Waals surface area contributed by atoms with Crippen LogP contribution >= 0.6 is 24.0 Å². The van der Waals surface area contributed by atoms with Crippen LogP contribution in [0, 0.1) is 11.7 Å². The van der Waals surface area contributed by atoms with Crippen LogP contribution in [0.4, 0.5) is 4.39 Å². The molecule has 0 radical (unpaired) electrons. The molecule has 2 N–H and O–H groups in total. The number of benzene rings is 1. The van der Waals surface area contributed by atoms with Crippen molar-refractivity contribution in [3.8, 4) is 0 Å². The zero-order chi connectivity index (χ0) is 16.1. The predicted molar refractivity (Wildman–Crippen MR) is 105 cm³/mol. The lowest BCUT2D eigenvalue weighted by Gasteiger charge is -2.23. The molecule has 1 aromatic carbocycles. The molecule has 3 atom stereocenters. The van der Waals surface area contributed by atoms with E-state index in [1.807, 2.05) is 26.2 Å². The van der Waals surface area contributed by atoms with Crippen LogP contribution in [-0.4, -0.2) is 44.1 Å². The van der Waals surface area contributed by atoms with Gasteiger partial charge in [-0.3, -0.25) is 4.99 Å². The number of guanidine groups is 1. The first-order valence-electron chi connectivity index (χ1n) is 7.98. The zero-order valence-corrected chi connectivity index (χ0v) is 16.7. The van der Waals surface area contributed by atoms with Crippen molar-refractivity contribution in [3.05, 3.63) is 35.6 Å². The van der Waals surface area contributed by atoms with Gasteiger partial charge >= 0.3 is 0 Å². The highest BCUT2D eigenvalue weighted by molar-refractivity contribution is 14.0. The number of hydrogen-bond acceptors (Lipinski definition) is 2. The molecule has 0 aromatic heterocycles. The quantitative estimate of drug-likeness (QED) is 0.411. The lowest BCUT2D eigenvalue weighted by molar-refractivity contribution is 0.306. The van der Waals surface area contributed by atoms with Gasteiger partial charge in [-0.25, -0.2) is 4.39 Å². The van der Waals surface area contributed by atoms with Crippen LogP contribution in [0.15, 0.2) is 29.3 Å². The average molecular weight is 434 g/mol. The SMILES string of the molecule is CCNC(=NCC(c1ccc(F)cc1)N(C)C)NC1CC1C.I. The summed E-state index contributed by atoms with van der Waals surface area (Å²) in [6.45, 7) is 5.78. The molecule has 0 aliphatic heterocycles. The molecular weight excluding hydrogens is 406 g/mol. The Bertz CT molecular complexity index is 504. The molecule has 0 amide bonds. The Morgan fingerprint density at radius 3 is 2.43 bits per heavy atom. The molecule has 0 heterocycles. The van der Waals surface area contributed by atoms with Crippen LogP contribution in [0.2, 0.25) is 0 Å². The molecule has 2 rings (SSSR count). The van der Waals surface area contributed by atoms with Crippen molar-refractivity contribution in [1.82, 2.24) is 15.5 Å². The minimum atomic E-state index is -0.206. The van der Waals surface area contributed by atoms with Crippen molar-refractivity contribution in [2.75, 3.05) is 27.2 Å². The van der Waals surface area contributed by atoms with Crippen molar-refractivity contribution in [3.63, 3.8) is 0 Å². The van der Waals surface area contributed by atoms with Gasteiger partial charge in [-0.05, 0) is 51.1 Å². The molecular formula is C17H28FIN4. The highest BCUT2D eigenvalue weighted by Crippen LogP contribution is 2.28. The second-order valence-corrected chi connectivity index (χ2v) is 6.21. The summed E-state index contributed by atoms with van der Waals surface area (Å²) in [5.74, 6) is 1.39. The summed E-state index contributed by atoms with van der Waals surface area (Å²) in [6, 6.07) is 7.35. The predicted octanol–water partition coefficient (Wildman–Crippen LogP) is 3.01. The molecule has 1 aliphatic carbocycles. The lowest BCUT2D eigenvalue weighted by atomic mass is 10.1. The molecule has 1 aliphatic rings. The first-order chi connectivity index (χ1) is 10.5. The third-order valence-corrected chi connectivity index (χ3v) is 4.08. The number of nitrogens with zero attached hydrogens (tertiary/aromatic N) is 2. The van der Waals surface area contributed by atoms with Crippen molar-refractivity contribution in [2.45, 2.75) is 32.4 Å². The molecule has 0 bridgehead atoms.